The van der Waals surface area contributed by atoms with Crippen LogP contribution in [-0.4, -0.2) is 13.3 Å². The average molecular weight is 151 g/mol. The van der Waals surface area contributed by atoms with Crippen LogP contribution in [0.15, 0.2) is 36.1 Å². The van der Waals surface area contributed by atoms with E-state index in [1.54, 1.807) is 19.2 Å². The lowest BCUT2D eigenvalue weighted by atomic mass is 10.3. The molecular weight excluding hydrogens is 138 g/mol. The van der Waals surface area contributed by atoms with Crippen molar-refractivity contribution in [2.75, 3.05) is 7.05 Å². The van der Waals surface area contributed by atoms with Gasteiger partial charge < -0.3 is 5.32 Å². The molecule has 0 spiro atoms. The van der Waals surface area contributed by atoms with Gasteiger partial charge in [0, 0.05) is 7.05 Å². The molecule has 0 saturated heterocycles. The third-order valence-corrected chi connectivity index (χ3v) is 1.03. The molecule has 0 atom stereocenters. The zero-order valence-corrected chi connectivity index (χ0v) is 6.87. The Balaban J connectivity index is 3.76. The van der Waals surface area contributed by atoms with E-state index in [0.29, 0.717) is 0 Å². The van der Waals surface area contributed by atoms with Crippen molar-refractivity contribution in [3.8, 4) is 0 Å². The number of aldehydes is 1. The maximum atomic E-state index is 10.1. The van der Waals surface area contributed by atoms with Gasteiger partial charge in [-0.15, -0.1) is 0 Å². The quantitative estimate of drug-likeness (QED) is 0.374. The molecule has 2 nitrogen and oxygen atoms in total. The maximum Gasteiger partial charge on any atom is 0.145 e. The third-order valence-electron chi connectivity index (χ3n) is 1.03. The average Bonchev–Trinajstić information content (AvgIpc) is 2.04. The van der Waals surface area contributed by atoms with Crippen molar-refractivity contribution in [1.29, 1.82) is 0 Å². The number of allylic oxidation sites excluding steroid dienone is 5. The molecule has 0 unspecified atom stereocenters. The zero-order valence-electron chi connectivity index (χ0n) is 6.87. The first-order valence-electron chi connectivity index (χ1n) is 3.44. The standard InChI is InChI=1S/C9H13NO/c1-9(8-11)6-4-3-5-7-10-2/h3-8,10H,1-2H3. The Morgan fingerprint density at radius 1 is 1.27 bits per heavy atom. The van der Waals surface area contributed by atoms with E-state index in [-0.39, 0.29) is 0 Å². The van der Waals surface area contributed by atoms with Crippen LogP contribution in [0, 0.1) is 0 Å². The van der Waals surface area contributed by atoms with Crippen LogP contribution in [0.3, 0.4) is 0 Å². The van der Waals surface area contributed by atoms with Crippen molar-refractivity contribution in [2.24, 2.45) is 0 Å². The summed E-state index contributed by atoms with van der Waals surface area (Å²) in [5.41, 5.74) is 0.721. The first-order valence-corrected chi connectivity index (χ1v) is 3.44. The van der Waals surface area contributed by atoms with Gasteiger partial charge in [0.2, 0.25) is 0 Å². The first-order chi connectivity index (χ1) is 5.31. The summed E-state index contributed by atoms with van der Waals surface area (Å²) in [5.74, 6) is 0. The molecule has 0 rings (SSSR count). The lowest BCUT2D eigenvalue weighted by molar-refractivity contribution is -0.104. The largest absolute Gasteiger partial charge is 0.394 e. The highest BCUT2D eigenvalue weighted by atomic mass is 16.1. The smallest absolute Gasteiger partial charge is 0.145 e. The number of hydrogen-bond donors (Lipinski definition) is 1. The van der Waals surface area contributed by atoms with E-state index in [2.05, 4.69) is 5.32 Å². The zero-order chi connectivity index (χ0) is 8.53. The van der Waals surface area contributed by atoms with Gasteiger partial charge >= 0.3 is 0 Å². The number of rotatable bonds is 4. The van der Waals surface area contributed by atoms with Gasteiger partial charge in [-0.2, -0.15) is 0 Å². The first kappa shape index (κ1) is 9.69. The van der Waals surface area contributed by atoms with Crippen molar-refractivity contribution in [3.63, 3.8) is 0 Å². The number of carbonyl (C=O) groups excluding carboxylic acids is 1. The Morgan fingerprint density at radius 2 is 2.00 bits per heavy atom. The predicted octanol–water partition coefficient (Wildman–Crippen LogP) is 1.42. The van der Waals surface area contributed by atoms with E-state index < -0.39 is 0 Å². The molecule has 2 heteroatoms. The van der Waals surface area contributed by atoms with E-state index in [9.17, 15) is 4.79 Å². The lowest BCUT2D eigenvalue weighted by Crippen LogP contribution is -1.89. The van der Waals surface area contributed by atoms with E-state index in [0.717, 1.165) is 11.9 Å². The van der Waals surface area contributed by atoms with Crippen molar-refractivity contribution in [1.82, 2.24) is 5.32 Å². The van der Waals surface area contributed by atoms with Crippen molar-refractivity contribution in [3.05, 3.63) is 36.1 Å². The summed E-state index contributed by atoms with van der Waals surface area (Å²) in [6.45, 7) is 1.76. The summed E-state index contributed by atoms with van der Waals surface area (Å²) in [5, 5.41) is 2.85. The number of nitrogens with one attached hydrogen (secondary N) is 1. The molecule has 0 aromatic rings. The third kappa shape index (κ3) is 6.58. The van der Waals surface area contributed by atoms with Gasteiger partial charge in [0.05, 0.1) is 0 Å². The molecule has 0 fully saturated rings. The normalized spacial score (nSPS) is 12.7. The van der Waals surface area contributed by atoms with Crippen LogP contribution in [0.25, 0.3) is 0 Å². The summed E-state index contributed by atoms with van der Waals surface area (Å²) in [6, 6.07) is 0. The Kier molecular flexibility index (Phi) is 5.99. The molecule has 0 heterocycles. The van der Waals surface area contributed by atoms with Crippen LogP contribution in [0.2, 0.25) is 0 Å². The summed E-state index contributed by atoms with van der Waals surface area (Å²) < 4.78 is 0. The highest BCUT2D eigenvalue weighted by molar-refractivity contribution is 5.72. The minimum atomic E-state index is 0.721. The van der Waals surface area contributed by atoms with Gasteiger partial charge in [0.15, 0.2) is 0 Å². The predicted molar refractivity (Wildman–Crippen MR) is 47.2 cm³/mol. The van der Waals surface area contributed by atoms with Gasteiger partial charge in [0.1, 0.15) is 6.29 Å². The molecule has 0 aromatic heterocycles. The van der Waals surface area contributed by atoms with Crippen LogP contribution in [-0.2, 0) is 4.79 Å². The van der Waals surface area contributed by atoms with Gasteiger partial charge in [-0.1, -0.05) is 18.2 Å². The Labute approximate surface area is 67.3 Å². The topological polar surface area (TPSA) is 29.1 Å². The van der Waals surface area contributed by atoms with Gasteiger partial charge in [-0.25, -0.2) is 0 Å². The molecule has 0 aromatic carbocycles. The molecule has 0 aliphatic heterocycles. The molecule has 0 amide bonds. The molecule has 0 aliphatic carbocycles. The Hall–Kier alpha value is -1.31. The lowest BCUT2D eigenvalue weighted by Gasteiger charge is -1.81. The van der Waals surface area contributed by atoms with Crippen molar-refractivity contribution >= 4 is 6.29 Å². The van der Waals surface area contributed by atoms with Crippen LogP contribution in [0.4, 0.5) is 0 Å². The van der Waals surface area contributed by atoms with E-state index >= 15 is 0 Å². The highest BCUT2D eigenvalue weighted by Gasteiger charge is 1.76. The fourth-order valence-corrected chi connectivity index (χ4v) is 0.463. The summed E-state index contributed by atoms with van der Waals surface area (Å²) >= 11 is 0. The van der Waals surface area contributed by atoms with Gasteiger partial charge in [0.25, 0.3) is 0 Å². The summed E-state index contributed by atoms with van der Waals surface area (Å²) in [6.07, 6.45) is 9.91. The molecule has 0 radical (unpaired) electrons. The molecule has 0 aliphatic rings. The molecule has 60 valence electrons. The summed E-state index contributed by atoms with van der Waals surface area (Å²) in [7, 11) is 1.83. The highest BCUT2D eigenvalue weighted by Crippen LogP contribution is 1.86. The second-order valence-corrected chi connectivity index (χ2v) is 2.06. The fraction of sp³-hybridized carbons (Fsp3) is 0.222. The van der Waals surface area contributed by atoms with E-state index in [1.165, 1.54) is 0 Å². The maximum absolute atomic E-state index is 10.1. The van der Waals surface area contributed by atoms with Crippen LogP contribution < -0.4 is 5.32 Å². The minimum Gasteiger partial charge on any atom is -0.394 e. The monoisotopic (exact) mass is 151 g/mol. The van der Waals surface area contributed by atoms with Crippen LogP contribution >= 0.6 is 0 Å². The van der Waals surface area contributed by atoms with Gasteiger partial charge in [-0.05, 0) is 24.8 Å². The SMILES string of the molecule is CNC=CC=CC=C(C)C=O. The van der Waals surface area contributed by atoms with Crippen molar-refractivity contribution in [2.45, 2.75) is 6.92 Å². The van der Waals surface area contributed by atoms with Crippen LogP contribution in [0.5, 0.6) is 0 Å². The second kappa shape index (κ2) is 6.81. The Morgan fingerprint density at radius 3 is 2.55 bits per heavy atom. The summed E-state index contributed by atoms with van der Waals surface area (Å²) in [4.78, 5) is 10.1. The number of hydrogen-bond acceptors (Lipinski definition) is 2. The fourth-order valence-electron chi connectivity index (χ4n) is 0.463. The number of carbonyl (C=O) groups is 1. The van der Waals surface area contributed by atoms with Gasteiger partial charge in [-0.3, -0.25) is 4.79 Å². The van der Waals surface area contributed by atoms with E-state index in [4.69, 9.17) is 0 Å². The molecule has 11 heavy (non-hydrogen) atoms. The second-order valence-electron chi connectivity index (χ2n) is 2.06. The molecule has 0 bridgehead atoms. The Bertz CT molecular complexity index is 190. The van der Waals surface area contributed by atoms with Crippen LogP contribution in [0.1, 0.15) is 6.92 Å². The van der Waals surface area contributed by atoms with E-state index in [1.807, 2.05) is 25.3 Å². The molecule has 0 saturated carbocycles. The van der Waals surface area contributed by atoms with Crippen molar-refractivity contribution < 1.29 is 4.79 Å². The molecular formula is C9H13NO. The minimum absolute atomic E-state index is 0.721. The molecule has 1 N–H and O–H groups in total.